The molecule has 0 saturated heterocycles. The molecular weight excluding hydrogens is 326 g/mol. The van der Waals surface area contributed by atoms with Crippen LogP contribution in [-0.2, 0) is 14.8 Å². The van der Waals surface area contributed by atoms with Crippen LogP contribution in [0.5, 0.6) is 0 Å². The molecule has 0 amide bonds. The number of fused-ring (bicyclic) bond motifs is 1. The van der Waals surface area contributed by atoms with Crippen LogP contribution in [0.2, 0.25) is 0 Å². The Hall–Kier alpha value is -2.22. The summed E-state index contributed by atoms with van der Waals surface area (Å²) in [5.74, 6) is 0.716. The third-order valence-electron chi connectivity index (χ3n) is 3.82. The zero-order chi connectivity index (χ0) is 17.2. The topological polar surface area (TPSA) is 75.3 Å². The molecule has 0 fully saturated rings. The van der Waals surface area contributed by atoms with E-state index in [0.717, 1.165) is 11.1 Å². The minimum atomic E-state index is -3.55. The monoisotopic (exact) mass is 345 g/mol. The van der Waals surface area contributed by atoms with Crippen LogP contribution in [0.3, 0.4) is 0 Å². The van der Waals surface area contributed by atoms with E-state index in [2.05, 4.69) is 9.97 Å². The first-order valence-corrected chi connectivity index (χ1v) is 8.97. The quantitative estimate of drug-likeness (QED) is 0.745. The molecule has 0 radical (unpaired) electrons. The Morgan fingerprint density at radius 3 is 2.62 bits per heavy atom. The fourth-order valence-corrected chi connectivity index (χ4v) is 3.58. The predicted octanol–water partition coefficient (Wildman–Crippen LogP) is 2.50. The number of rotatable bonds is 6. The van der Waals surface area contributed by atoms with Gasteiger partial charge in [0.1, 0.15) is 5.82 Å². The van der Waals surface area contributed by atoms with Crippen LogP contribution >= 0.6 is 0 Å². The van der Waals surface area contributed by atoms with Gasteiger partial charge in [-0.3, -0.25) is 0 Å². The Morgan fingerprint density at radius 2 is 1.92 bits per heavy atom. The molecule has 3 aromatic rings. The number of sulfonamides is 1. The Labute approximate surface area is 141 Å². The van der Waals surface area contributed by atoms with Crippen LogP contribution in [0, 0.1) is 0 Å². The summed E-state index contributed by atoms with van der Waals surface area (Å²) >= 11 is 0. The third kappa shape index (κ3) is 3.19. The molecule has 2 aromatic carbocycles. The van der Waals surface area contributed by atoms with Crippen LogP contribution in [0.1, 0.15) is 0 Å². The first-order chi connectivity index (χ1) is 11.5. The lowest BCUT2D eigenvalue weighted by Crippen LogP contribution is -2.30. The molecule has 0 unspecified atom stereocenters. The summed E-state index contributed by atoms with van der Waals surface area (Å²) in [4.78, 5) is 7.94. The van der Waals surface area contributed by atoms with Gasteiger partial charge < -0.3 is 9.72 Å². The maximum Gasteiger partial charge on any atom is 0.242 e. The second-order valence-corrected chi connectivity index (χ2v) is 7.49. The summed E-state index contributed by atoms with van der Waals surface area (Å²) in [6.07, 6.45) is 0. The smallest absolute Gasteiger partial charge is 0.242 e. The van der Waals surface area contributed by atoms with Crippen LogP contribution in [0.15, 0.2) is 53.4 Å². The van der Waals surface area contributed by atoms with Gasteiger partial charge in [0, 0.05) is 26.3 Å². The predicted molar refractivity (Wildman–Crippen MR) is 93.2 cm³/mol. The fraction of sp³-hybridized carbons (Fsp3) is 0.235. The number of nitrogens with one attached hydrogen (secondary N) is 1. The molecular formula is C17H19N3O3S. The summed E-state index contributed by atoms with van der Waals surface area (Å²) in [6.45, 7) is 0.648. The van der Waals surface area contributed by atoms with E-state index in [9.17, 15) is 8.42 Å². The molecule has 0 bridgehead atoms. The van der Waals surface area contributed by atoms with E-state index in [0.29, 0.717) is 24.5 Å². The highest BCUT2D eigenvalue weighted by atomic mass is 32.2. The van der Waals surface area contributed by atoms with Gasteiger partial charge in [-0.15, -0.1) is 0 Å². The van der Waals surface area contributed by atoms with Crippen molar-refractivity contribution in [1.82, 2.24) is 14.3 Å². The van der Waals surface area contributed by atoms with Gasteiger partial charge in [0.05, 0.1) is 22.5 Å². The molecule has 1 heterocycles. The van der Waals surface area contributed by atoms with Crippen molar-refractivity contribution in [2.75, 3.05) is 27.3 Å². The number of H-pyrrole nitrogens is 1. The Balaban J connectivity index is 1.97. The molecule has 1 aromatic heterocycles. The van der Waals surface area contributed by atoms with Gasteiger partial charge in [-0.05, 0) is 18.2 Å². The first-order valence-electron chi connectivity index (χ1n) is 7.53. The van der Waals surface area contributed by atoms with Crippen molar-refractivity contribution in [3.63, 3.8) is 0 Å². The minimum Gasteiger partial charge on any atom is -0.383 e. The lowest BCUT2D eigenvalue weighted by molar-refractivity contribution is 0.185. The second-order valence-electron chi connectivity index (χ2n) is 5.45. The minimum absolute atomic E-state index is 0.233. The maximum atomic E-state index is 12.6. The number of imidazole rings is 1. The van der Waals surface area contributed by atoms with Crippen molar-refractivity contribution >= 4 is 21.1 Å². The van der Waals surface area contributed by atoms with Crippen molar-refractivity contribution in [2.45, 2.75) is 4.90 Å². The van der Waals surface area contributed by atoms with Crippen molar-refractivity contribution in [1.29, 1.82) is 0 Å². The Morgan fingerprint density at radius 1 is 1.17 bits per heavy atom. The number of benzene rings is 2. The van der Waals surface area contributed by atoms with Gasteiger partial charge in [0.25, 0.3) is 0 Å². The van der Waals surface area contributed by atoms with Crippen molar-refractivity contribution in [3.8, 4) is 11.4 Å². The zero-order valence-corrected chi connectivity index (χ0v) is 14.4. The summed E-state index contributed by atoms with van der Waals surface area (Å²) in [6, 6.07) is 14.6. The number of methoxy groups -OCH3 is 1. The summed E-state index contributed by atoms with van der Waals surface area (Å²) < 4.78 is 31.4. The van der Waals surface area contributed by atoms with E-state index in [1.54, 1.807) is 32.4 Å². The molecule has 0 spiro atoms. The molecule has 0 aliphatic rings. The number of hydrogen-bond donors (Lipinski definition) is 1. The van der Waals surface area contributed by atoms with Crippen LogP contribution in [0.25, 0.3) is 22.4 Å². The standard InChI is InChI=1S/C17H19N3O3S/c1-20(10-11-23-2)24(21,22)14-8-9-15-16(12-14)19-17(18-15)13-6-4-3-5-7-13/h3-9,12H,10-11H2,1-2H3,(H,18,19). The number of nitrogens with zero attached hydrogens (tertiary/aromatic N) is 2. The molecule has 0 atom stereocenters. The third-order valence-corrected chi connectivity index (χ3v) is 5.67. The van der Waals surface area contributed by atoms with Crippen LogP contribution in [-0.4, -0.2) is 50.0 Å². The fourth-order valence-electron chi connectivity index (χ4n) is 2.40. The molecule has 0 aliphatic carbocycles. The molecule has 7 heteroatoms. The Kier molecular flexibility index (Phi) is 4.66. The molecule has 126 valence electrons. The van der Waals surface area contributed by atoms with Crippen molar-refractivity contribution < 1.29 is 13.2 Å². The number of aromatic amines is 1. The normalized spacial score (nSPS) is 12.1. The lowest BCUT2D eigenvalue weighted by Gasteiger charge is -2.16. The molecule has 0 saturated carbocycles. The van der Waals surface area contributed by atoms with Gasteiger partial charge in [0.2, 0.25) is 10.0 Å². The summed E-state index contributed by atoms with van der Waals surface area (Å²) in [5.41, 5.74) is 2.37. The molecule has 24 heavy (non-hydrogen) atoms. The second kappa shape index (κ2) is 6.72. The molecule has 6 nitrogen and oxygen atoms in total. The van der Waals surface area contributed by atoms with Crippen LogP contribution in [0.4, 0.5) is 0 Å². The zero-order valence-electron chi connectivity index (χ0n) is 13.6. The van der Waals surface area contributed by atoms with Gasteiger partial charge in [-0.25, -0.2) is 13.4 Å². The number of ether oxygens (including phenoxy) is 1. The van der Waals surface area contributed by atoms with E-state index in [4.69, 9.17) is 4.74 Å². The average Bonchev–Trinajstić information content (AvgIpc) is 3.03. The lowest BCUT2D eigenvalue weighted by atomic mass is 10.2. The van der Waals surface area contributed by atoms with Gasteiger partial charge in [0.15, 0.2) is 0 Å². The van der Waals surface area contributed by atoms with Gasteiger partial charge in [-0.2, -0.15) is 4.31 Å². The Bertz CT molecular complexity index is 936. The number of aromatic nitrogens is 2. The average molecular weight is 345 g/mol. The number of hydrogen-bond acceptors (Lipinski definition) is 4. The highest BCUT2D eigenvalue weighted by Crippen LogP contribution is 2.23. The summed E-state index contributed by atoms with van der Waals surface area (Å²) in [7, 11) is -0.466. The largest absolute Gasteiger partial charge is 0.383 e. The van der Waals surface area contributed by atoms with E-state index in [-0.39, 0.29) is 4.90 Å². The first kappa shape index (κ1) is 16.6. The van der Waals surface area contributed by atoms with Crippen molar-refractivity contribution in [2.24, 2.45) is 0 Å². The van der Waals surface area contributed by atoms with Crippen molar-refractivity contribution in [3.05, 3.63) is 48.5 Å². The SMILES string of the molecule is COCCN(C)S(=O)(=O)c1ccc2nc(-c3ccccc3)[nH]c2c1. The highest BCUT2D eigenvalue weighted by Gasteiger charge is 2.21. The summed E-state index contributed by atoms with van der Waals surface area (Å²) in [5, 5.41) is 0. The molecule has 0 aliphatic heterocycles. The van der Waals surface area contributed by atoms with E-state index < -0.39 is 10.0 Å². The van der Waals surface area contributed by atoms with Crippen LogP contribution < -0.4 is 0 Å². The number of likely N-dealkylation sites (N-methyl/N-ethyl adjacent to an activating group) is 1. The van der Waals surface area contributed by atoms with Gasteiger partial charge >= 0.3 is 0 Å². The maximum absolute atomic E-state index is 12.6. The van der Waals surface area contributed by atoms with E-state index in [1.165, 1.54) is 4.31 Å². The molecule has 1 N–H and O–H groups in total. The van der Waals surface area contributed by atoms with Gasteiger partial charge in [-0.1, -0.05) is 30.3 Å². The van der Waals surface area contributed by atoms with E-state index >= 15 is 0 Å². The highest BCUT2D eigenvalue weighted by molar-refractivity contribution is 7.89. The molecule has 3 rings (SSSR count). The van der Waals surface area contributed by atoms with E-state index in [1.807, 2.05) is 30.3 Å².